The fourth-order valence-corrected chi connectivity index (χ4v) is 2.31. The van der Waals surface area contributed by atoms with E-state index in [2.05, 4.69) is 10.6 Å². The van der Waals surface area contributed by atoms with Gasteiger partial charge in [-0.25, -0.2) is 0 Å². The van der Waals surface area contributed by atoms with Crippen LogP contribution in [0.3, 0.4) is 0 Å². The van der Waals surface area contributed by atoms with Crippen molar-refractivity contribution < 1.29 is 4.92 Å². The summed E-state index contributed by atoms with van der Waals surface area (Å²) in [6.07, 6.45) is 3.73. The molecule has 0 bridgehead atoms. The van der Waals surface area contributed by atoms with Crippen molar-refractivity contribution in [1.82, 2.24) is 5.32 Å². The minimum absolute atomic E-state index is 0.177. The molecule has 1 heterocycles. The van der Waals surface area contributed by atoms with Crippen LogP contribution in [-0.4, -0.2) is 24.1 Å². The van der Waals surface area contributed by atoms with Gasteiger partial charge in [0.1, 0.15) is 0 Å². The van der Waals surface area contributed by atoms with Crippen LogP contribution < -0.4 is 10.6 Å². The minimum Gasteiger partial charge on any atom is -0.383 e. The van der Waals surface area contributed by atoms with Gasteiger partial charge in [-0.1, -0.05) is 6.42 Å². The number of aryl methyl sites for hydroxylation is 1. The number of hydrogen-bond acceptors (Lipinski definition) is 4. The summed E-state index contributed by atoms with van der Waals surface area (Å²) in [6.45, 7) is 3.73. The molecule has 5 nitrogen and oxygen atoms in total. The van der Waals surface area contributed by atoms with E-state index in [-0.39, 0.29) is 10.6 Å². The molecule has 1 atom stereocenters. The smallest absolute Gasteiger partial charge is 0.272 e. The van der Waals surface area contributed by atoms with Crippen LogP contribution in [0.4, 0.5) is 11.4 Å². The van der Waals surface area contributed by atoms with Crippen LogP contribution >= 0.6 is 0 Å². The number of piperidine rings is 1. The summed E-state index contributed by atoms with van der Waals surface area (Å²) < 4.78 is 0. The van der Waals surface area contributed by atoms with Crippen LogP contribution in [0.5, 0.6) is 0 Å². The molecule has 1 aliphatic heterocycles. The molecule has 5 heteroatoms. The van der Waals surface area contributed by atoms with Gasteiger partial charge in [-0.05, 0) is 38.4 Å². The average molecular weight is 249 g/mol. The Balaban J connectivity index is 1.93. The first-order chi connectivity index (χ1) is 8.66. The number of hydrogen-bond donors (Lipinski definition) is 2. The van der Waals surface area contributed by atoms with Crippen molar-refractivity contribution in [3.8, 4) is 0 Å². The highest BCUT2D eigenvalue weighted by Crippen LogP contribution is 2.21. The summed E-state index contributed by atoms with van der Waals surface area (Å²) in [4.78, 5) is 10.4. The fraction of sp³-hybridized carbons (Fsp3) is 0.538. The van der Waals surface area contributed by atoms with Crippen LogP contribution in [0, 0.1) is 17.0 Å². The number of anilines is 1. The number of nitrogens with one attached hydrogen (secondary N) is 2. The molecule has 0 saturated carbocycles. The van der Waals surface area contributed by atoms with E-state index in [4.69, 9.17) is 0 Å². The molecule has 1 aliphatic rings. The van der Waals surface area contributed by atoms with E-state index in [1.807, 2.05) is 6.07 Å². The molecule has 0 amide bonds. The van der Waals surface area contributed by atoms with Gasteiger partial charge in [0.15, 0.2) is 0 Å². The molecule has 1 unspecified atom stereocenters. The molecule has 2 rings (SSSR count). The molecule has 1 saturated heterocycles. The fourth-order valence-electron chi connectivity index (χ4n) is 2.31. The summed E-state index contributed by atoms with van der Waals surface area (Å²) in [6, 6.07) is 5.68. The highest BCUT2D eigenvalue weighted by Gasteiger charge is 2.13. The van der Waals surface area contributed by atoms with Gasteiger partial charge in [-0.15, -0.1) is 0 Å². The monoisotopic (exact) mass is 249 g/mol. The summed E-state index contributed by atoms with van der Waals surface area (Å²) in [5, 5.41) is 17.5. The maximum absolute atomic E-state index is 10.7. The topological polar surface area (TPSA) is 67.2 Å². The Kier molecular flexibility index (Phi) is 4.15. The third-order valence-corrected chi connectivity index (χ3v) is 3.36. The molecular formula is C13H19N3O2. The predicted octanol–water partition coefficient (Wildman–Crippen LogP) is 2.46. The average Bonchev–Trinajstić information content (AvgIpc) is 2.37. The third-order valence-electron chi connectivity index (χ3n) is 3.36. The van der Waals surface area contributed by atoms with Gasteiger partial charge in [0.2, 0.25) is 0 Å². The molecule has 0 radical (unpaired) electrons. The summed E-state index contributed by atoms with van der Waals surface area (Å²) in [5.74, 6) is 0. The lowest BCUT2D eigenvalue weighted by atomic mass is 10.0. The zero-order valence-electron chi connectivity index (χ0n) is 10.6. The molecule has 0 aliphatic carbocycles. The van der Waals surface area contributed by atoms with E-state index >= 15 is 0 Å². The molecule has 0 spiro atoms. The van der Waals surface area contributed by atoms with Crippen LogP contribution in [-0.2, 0) is 0 Å². The van der Waals surface area contributed by atoms with Crippen molar-refractivity contribution in [2.24, 2.45) is 0 Å². The Hall–Kier alpha value is -1.62. The maximum Gasteiger partial charge on any atom is 0.272 e. The number of nitrogens with zero attached hydrogens (tertiary/aromatic N) is 1. The largest absolute Gasteiger partial charge is 0.383 e. The molecular weight excluding hydrogens is 230 g/mol. The molecule has 0 aromatic heterocycles. The lowest BCUT2D eigenvalue weighted by Crippen LogP contribution is -2.39. The number of rotatable bonds is 4. The van der Waals surface area contributed by atoms with Crippen molar-refractivity contribution in [2.75, 3.05) is 18.4 Å². The summed E-state index contributed by atoms with van der Waals surface area (Å²) in [5.41, 5.74) is 1.82. The highest BCUT2D eigenvalue weighted by molar-refractivity contribution is 5.53. The molecule has 1 aromatic carbocycles. The van der Waals surface area contributed by atoms with Gasteiger partial charge in [0.05, 0.1) is 4.92 Å². The van der Waals surface area contributed by atoms with Crippen LogP contribution in [0.15, 0.2) is 18.2 Å². The Morgan fingerprint density at radius 1 is 1.50 bits per heavy atom. The second-order valence-corrected chi connectivity index (χ2v) is 4.79. The maximum atomic E-state index is 10.7. The van der Waals surface area contributed by atoms with E-state index in [0.717, 1.165) is 18.8 Å². The lowest BCUT2D eigenvalue weighted by molar-refractivity contribution is -0.385. The Labute approximate surface area is 107 Å². The number of benzene rings is 1. The van der Waals surface area contributed by atoms with Gasteiger partial charge in [-0.2, -0.15) is 0 Å². The summed E-state index contributed by atoms with van der Waals surface area (Å²) in [7, 11) is 0. The Morgan fingerprint density at radius 3 is 2.94 bits per heavy atom. The van der Waals surface area contributed by atoms with Gasteiger partial charge in [0, 0.05) is 29.9 Å². The molecule has 1 fully saturated rings. The Morgan fingerprint density at radius 2 is 2.33 bits per heavy atom. The van der Waals surface area contributed by atoms with Crippen molar-refractivity contribution in [2.45, 2.75) is 32.2 Å². The molecule has 18 heavy (non-hydrogen) atoms. The van der Waals surface area contributed by atoms with Crippen molar-refractivity contribution >= 4 is 11.4 Å². The van der Waals surface area contributed by atoms with Crippen molar-refractivity contribution in [1.29, 1.82) is 0 Å². The first-order valence-electron chi connectivity index (χ1n) is 6.39. The van der Waals surface area contributed by atoms with E-state index < -0.39 is 0 Å². The normalized spacial score (nSPS) is 19.5. The SMILES string of the molecule is Cc1cc(NCC2CCCCN2)ccc1[N+](=O)[O-]. The van der Waals surface area contributed by atoms with Crippen molar-refractivity contribution in [3.05, 3.63) is 33.9 Å². The van der Waals surface area contributed by atoms with Gasteiger partial charge < -0.3 is 10.6 Å². The minimum atomic E-state index is -0.345. The van der Waals surface area contributed by atoms with E-state index in [0.29, 0.717) is 11.6 Å². The van der Waals surface area contributed by atoms with E-state index in [1.165, 1.54) is 19.3 Å². The quantitative estimate of drug-likeness (QED) is 0.635. The second kappa shape index (κ2) is 5.82. The van der Waals surface area contributed by atoms with Crippen molar-refractivity contribution in [3.63, 3.8) is 0 Å². The van der Waals surface area contributed by atoms with Gasteiger partial charge in [-0.3, -0.25) is 10.1 Å². The van der Waals surface area contributed by atoms with Gasteiger partial charge in [0.25, 0.3) is 5.69 Å². The van der Waals surface area contributed by atoms with Gasteiger partial charge >= 0.3 is 0 Å². The van der Waals surface area contributed by atoms with Crippen LogP contribution in [0.1, 0.15) is 24.8 Å². The number of nitro benzene ring substituents is 1. The number of nitro groups is 1. The van der Waals surface area contributed by atoms with E-state index in [9.17, 15) is 10.1 Å². The molecule has 98 valence electrons. The standard InChI is InChI=1S/C13H19N3O2/c1-10-8-11(5-6-13(10)16(17)18)15-9-12-4-2-3-7-14-12/h5-6,8,12,14-15H,2-4,7,9H2,1H3. The zero-order chi connectivity index (χ0) is 13.0. The second-order valence-electron chi connectivity index (χ2n) is 4.79. The molecule has 1 aromatic rings. The zero-order valence-corrected chi connectivity index (χ0v) is 10.6. The first-order valence-corrected chi connectivity index (χ1v) is 6.39. The first kappa shape index (κ1) is 12.8. The highest BCUT2D eigenvalue weighted by atomic mass is 16.6. The summed E-state index contributed by atoms with van der Waals surface area (Å²) >= 11 is 0. The molecule has 2 N–H and O–H groups in total. The van der Waals surface area contributed by atoms with E-state index in [1.54, 1.807) is 19.1 Å². The van der Waals surface area contributed by atoms with Crippen LogP contribution in [0.25, 0.3) is 0 Å². The van der Waals surface area contributed by atoms with Crippen LogP contribution in [0.2, 0.25) is 0 Å². The lowest BCUT2D eigenvalue weighted by Gasteiger charge is -2.24. The Bertz CT molecular complexity index is 428. The predicted molar refractivity (Wildman–Crippen MR) is 72.0 cm³/mol. The third kappa shape index (κ3) is 3.20.